The third-order valence-corrected chi connectivity index (χ3v) is 2.70. The molecular formula is C11H20N4O3. The maximum Gasteiger partial charge on any atom is 0.333 e. The summed E-state index contributed by atoms with van der Waals surface area (Å²) in [6, 6.07) is 0. The first-order valence-electron chi connectivity index (χ1n) is 6.09. The Morgan fingerprint density at radius 1 is 1.61 bits per heavy atom. The van der Waals surface area contributed by atoms with E-state index in [4.69, 9.17) is 5.11 Å². The summed E-state index contributed by atoms with van der Waals surface area (Å²) in [5.74, 6) is 0.433. The van der Waals surface area contributed by atoms with Gasteiger partial charge in [-0.2, -0.15) is 5.10 Å². The van der Waals surface area contributed by atoms with Crippen molar-refractivity contribution >= 4 is 11.5 Å². The number of rotatable bonds is 7. The predicted molar refractivity (Wildman–Crippen MR) is 68.6 cm³/mol. The minimum Gasteiger partial charge on any atom is -0.393 e. The van der Waals surface area contributed by atoms with Crippen molar-refractivity contribution in [1.29, 1.82) is 0 Å². The highest BCUT2D eigenvalue weighted by Crippen LogP contribution is 2.28. The predicted octanol–water partition coefficient (Wildman–Crippen LogP) is 1.46. The smallest absolute Gasteiger partial charge is 0.333 e. The molecule has 1 unspecified atom stereocenters. The number of anilines is 1. The van der Waals surface area contributed by atoms with Gasteiger partial charge in [0.05, 0.1) is 11.0 Å². The monoisotopic (exact) mass is 256 g/mol. The zero-order chi connectivity index (χ0) is 13.7. The van der Waals surface area contributed by atoms with E-state index >= 15 is 0 Å². The van der Waals surface area contributed by atoms with Gasteiger partial charge in [-0.15, -0.1) is 0 Å². The van der Waals surface area contributed by atoms with Gasteiger partial charge in [-0.25, -0.2) is 4.68 Å². The van der Waals surface area contributed by atoms with E-state index in [0.717, 1.165) is 6.42 Å². The maximum absolute atomic E-state index is 11.0. The molecule has 0 bridgehead atoms. The van der Waals surface area contributed by atoms with E-state index in [2.05, 4.69) is 10.4 Å². The minimum absolute atomic E-state index is 0.0528. The van der Waals surface area contributed by atoms with Gasteiger partial charge in [-0.05, 0) is 26.2 Å². The van der Waals surface area contributed by atoms with E-state index in [1.807, 2.05) is 6.92 Å². The summed E-state index contributed by atoms with van der Waals surface area (Å²) in [7, 11) is 1.68. The number of nitrogens with one attached hydrogen (secondary N) is 1. The van der Waals surface area contributed by atoms with Crippen molar-refractivity contribution in [2.24, 2.45) is 7.05 Å². The number of hydrogen-bond acceptors (Lipinski definition) is 5. The Morgan fingerprint density at radius 3 is 2.78 bits per heavy atom. The zero-order valence-corrected chi connectivity index (χ0v) is 11.0. The molecule has 0 aromatic carbocycles. The molecule has 1 aromatic heterocycles. The highest BCUT2D eigenvalue weighted by Gasteiger charge is 2.24. The van der Waals surface area contributed by atoms with Crippen LogP contribution in [0, 0.1) is 10.1 Å². The van der Waals surface area contributed by atoms with E-state index in [1.54, 1.807) is 14.0 Å². The lowest BCUT2D eigenvalue weighted by molar-refractivity contribution is -0.384. The summed E-state index contributed by atoms with van der Waals surface area (Å²) in [6.45, 7) is 4.14. The van der Waals surface area contributed by atoms with Gasteiger partial charge in [0.2, 0.25) is 5.82 Å². The first-order valence-corrected chi connectivity index (χ1v) is 6.09. The van der Waals surface area contributed by atoms with Crippen LogP contribution in [0.2, 0.25) is 0 Å². The van der Waals surface area contributed by atoms with Gasteiger partial charge in [-0.3, -0.25) is 10.1 Å². The molecule has 18 heavy (non-hydrogen) atoms. The van der Waals surface area contributed by atoms with Crippen LogP contribution < -0.4 is 5.32 Å². The first-order chi connectivity index (χ1) is 8.47. The van der Waals surface area contributed by atoms with Crippen molar-refractivity contribution in [2.45, 2.75) is 39.2 Å². The molecule has 7 heteroatoms. The normalized spacial score (nSPS) is 12.4. The molecule has 0 fully saturated rings. The number of nitro groups is 1. The fourth-order valence-corrected chi connectivity index (χ4v) is 1.80. The van der Waals surface area contributed by atoms with E-state index in [0.29, 0.717) is 30.9 Å². The Morgan fingerprint density at radius 2 is 2.28 bits per heavy atom. The summed E-state index contributed by atoms with van der Waals surface area (Å²) in [5.41, 5.74) is 0.539. The molecule has 0 aliphatic rings. The van der Waals surface area contributed by atoms with Crippen molar-refractivity contribution in [3.63, 3.8) is 0 Å². The Kier molecular flexibility index (Phi) is 5.08. The molecule has 1 atom stereocenters. The molecule has 7 nitrogen and oxygen atoms in total. The fourth-order valence-electron chi connectivity index (χ4n) is 1.80. The van der Waals surface area contributed by atoms with Crippen LogP contribution in [0.5, 0.6) is 0 Å². The van der Waals surface area contributed by atoms with E-state index in [9.17, 15) is 10.1 Å². The Labute approximate surface area is 106 Å². The van der Waals surface area contributed by atoms with E-state index < -0.39 is 4.92 Å². The lowest BCUT2D eigenvalue weighted by atomic mass is 10.2. The summed E-state index contributed by atoms with van der Waals surface area (Å²) in [4.78, 5) is 10.6. The molecule has 0 saturated carbocycles. The highest BCUT2D eigenvalue weighted by molar-refractivity contribution is 5.59. The maximum atomic E-state index is 11.0. The van der Waals surface area contributed by atoms with Crippen molar-refractivity contribution in [1.82, 2.24) is 9.78 Å². The van der Waals surface area contributed by atoms with Crippen LogP contribution in [-0.4, -0.2) is 32.5 Å². The summed E-state index contributed by atoms with van der Waals surface area (Å²) >= 11 is 0. The molecule has 0 spiro atoms. The van der Waals surface area contributed by atoms with E-state index in [1.165, 1.54) is 4.68 Å². The second kappa shape index (κ2) is 6.34. The number of aromatic nitrogens is 2. The Bertz CT molecular complexity index is 415. The van der Waals surface area contributed by atoms with Crippen LogP contribution in [0.3, 0.4) is 0 Å². The van der Waals surface area contributed by atoms with Crippen molar-refractivity contribution < 1.29 is 10.0 Å². The molecule has 0 amide bonds. The lowest BCUT2D eigenvalue weighted by Crippen LogP contribution is -2.10. The molecule has 0 aliphatic heterocycles. The van der Waals surface area contributed by atoms with Gasteiger partial charge in [0.15, 0.2) is 0 Å². The molecule has 0 aliphatic carbocycles. The van der Waals surface area contributed by atoms with Gasteiger partial charge in [0, 0.05) is 13.6 Å². The van der Waals surface area contributed by atoms with Crippen molar-refractivity contribution in [3.8, 4) is 0 Å². The van der Waals surface area contributed by atoms with Gasteiger partial charge >= 0.3 is 5.69 Å². The average molecular weight is 256 g/mol. The van der Waals surface area contributed by atoms with Gasteiger partial charge in [-0.1, -0.05) is 6.92 Å². The molecule has 1 rings (SSSR count). The molecule has 1 aromatic rings. The molecule has 0 saturated heterocycles. The SMILES string of the molecule is CCc1nn(C)c(NCCCC(C)O)c1[N+](=O)[O-]. The van der Waals surface area contributed by atoms with E-state index in [-0.39, 0.29) is 11.8 Å². The van der Waals surface area contributed by atoms with Crippen LogP contribution >= 0.6 is 0 Å². The number of aliphatic hydroxyl groups is 1. The number of hydrogen-bond donors (Lipinski definition) is 2. The first kappa shape index (κ1) is 14.4. The molecule has 2 N–H and O–H groups in total. The topological polar surface area (TPSA) is 93.2 Å². The van der Waals surface area contributed by atoms with Gasteiger partial charge in [0.25, 0.3) is 0 Å². The molecule has 0 radical (unpaired) electrons. The molecule has 102 valence electrons. The Balaban J connectivity index is 2.75. The largest absolute Gasteiger partial charge is 0.393 e. The standard InChI is InChI=1S/C11H20N4O3/c1-4-9-10(15(17)18)11(14(3)13-9)12-7-5-6-8(2)16/h8,12,16H,4-7H2,1-3H3. The molecule has 1 heterocycles. The minimum atomic E-state index is -0.400. The quantitative estimate of drug-likeness (QED) is 0.437. The van der Waals surface area contributed by atoms with Crippen LogP contribution in [0.1, 0.15) is 32.4 Å². The number of aryl methyl sites for hydroxylation is 2. The van der Waals surface area contributed by atoms with Crippen LogP contribution in [-0.2, 0) is 13.5 Å². The summed E-state index contributed by atoms with van der Waals surface area (Å²) in [6.07, 6.45) is 1.60. The summed E-state index contributed by atoms with van der Waals surface area (Å²) in [5, 5.41) is 27.3. The number of nitrogens with zero attached hydrogens (tertiary/aromatic N) is 3. The zero-order valence-electron chi connectivity index (χ0n) is 11.0. The lowest BCUT2D eigenvalue weighted by Gasteiger charge is -2.07. The molecular weight excluding hydrogens is 236 g/mol. The third kappa shape index (κ3) is 3.43. The second-order valence-electron chi connectivity index (χ2n) is 4.30. The van der Waals surface area contributed by atoms with Gasteiger partial charge < -0.3 is 10.4 Å². The highest BCUT2D eigenvalue weighted by atomic mass is 16.6. The Hall–Kier alpha value is -1.63. The van der Waals surface area contributed by atoms with Gasteiger partial charge in [0.1, 0.15) is 5.69 Å². The van der Waals surface area contributed by atoms with Crippen molar-refractivity contribution in [3.05, 3.63) is 15.8 Å². The second-order valence-corrected chi connectivity index (χ2v) is 4.30. The summed E-state index contributed by atoms with van der Waals surface area (Å²) < 4.78 is 1.50. The van der Waals surface area contributed by atoms with Crippen LogP contribution in [0.25, 0.3) is 0 Å². The van der Waals surface area contributed by atoms with Crippen LogP contribution in [0.4, 0.5) is 11.5 Å². The van der Waals surface area contributed by atoms with Crippen LogP contribution in [0.15, 0.2) is 0 Å². The number of aliphatic hydroxyl groups excluding tert-OH is 1. The third-order valence-electron chi connectivity index (χ3n) is 2.70. The fraction of sp³-hybridized carbons (Fsp3) is 0.727. The average Bonchev–Trinajstić information content (AvgIpc) is 2.61. The van der Waals surface area contributed by atoms with Crippen molar-refractivity contribution in [2.75, 3.05) is 11.9 Å².